The average molecular weight is 312 g/mol. The van der Waals surface area contributed by atoms with E-state index in [1.165, 1.54) is 0 Å². The molecule has 4 aromatic heterocycles. The fraction of sp³-hybridized carbons (Fsp3) is 0.0526. The second kappa shape index (κ2) is 3.94. The van der Waals surface area contributed by atoms with Gasteiger partial charge in [-0.1, -0.05) is 12.1 Å². The smallest absolute Gasteiger partial charge is 0.215 e. The zero-order chi connectivity index (χ0) is 15.8. The lowest BCUT2D eigenvalue weighted by Gasteiger charge is -1.97. The Labute approximate surface area is 135 Å². The summed E-state index contributed by atoms with van der Waals surface area (Å²) in [5.41, 5.74) is 5.91. The molecule has 2 aromatic carbocycles. The first kappa shape index (κ1) is 12.1. The molecule has 0 atom stereocenters. The Morgan fingerprint density at radius 1 is 0.958 bits per heavy atom. The molecule has 0 saturated heterocycles. The third kappa shape index (κ3) is 1.27. The number of furan rings is 1. The van der Waals surface area contributed by atoms with Crippen molar-refractivity contribution < 1.29 is 4.42 Å². The average Bonchev–Trinajstić information content (AvgIpc) is 3.25. The summed E-state index contributed by atoms with van der Waals surface area (Å²) in [6.07, 6.45) is 3.57. The monoisotopic (exact) mass is 312 g/mol. The maximum atomic E-state index is 6.18. The van der Waals surface area contributed by atoms with E-state index in [-0.39, 0.29) is 0 Å². The summed E-state index contributed by atoms with van der Waals surface area (Å²) in [5.74, 6) is 0.914. The Kier molecular flexibility index (Phi) is 1.99. The van der Waals surface area contributed by atoms with Crippen molar-refractivity contribution in [3.63, 3.8) is 0 Å². The minimum absolute atomic E-state index is 0.807. The van der Waals surface area contributed by atoms with Crippen LogP contribution in [0.2, 0.25) is 0 Å². The van der Waals surface area contributed by atoms with Gasteiger partial charge in [-0.25, -0.2) is 4.98 Å². The summed E-state index contributed by atoms with van der Waals surface area (Å²) in [7, 11) is 2.04. The predicted molar refractivity (Wildman–Crippen MR) is 94.2 cm³/mol. The highest BCUT2D eigenvalue weighted by atomic mass is 16.3. The zero-order valence-electron chi connectivity index (χ0n) is 12.9. The van der Waals surface area contributed by atoms with Gasteiger partial charge < -0.3 is 8.98 Å². The second-order valence-electron chi connectivity index (χ2n) is 6.08. The summed E-state index contributed by atoms with van der Waals surface area (Å²) in [6, 6.07) is 14.4. The van der Waals surface area contributed by atoms with Crippen molar-refractivity contribution in [1.29, 1.82) is 0 Å². The standard InChI is InChI=1S/C19H12N4O/c1-22-15-7-6-12-11-8-9-20-10-16(11)24-18(12)17(15)23-14-5-3-2-4-13(14)21-19(22)23/h2-10H,1H3. The molecule has 0 bridgehead atoms. The van der Waals surface area contributed by atoms with Gasteiger partial charge in [0.25, 0.3) is 0 Å². The molecule has 6 aromatic rings. The van der Waals surface area contributed by atoms with Crippen molar-refractivity contribution in [3.05, 3.63) is 54.9 Å². The minimum Gasteiger partial charge on any atom is -0.452 e. The van der Waals surface area contributed by atoms with E-state index in [0.717, 1.165) is 49.8 Å². The lowest BCUT2D eigenvalue weighted by molar-refractivity contribution is 0.669. The second-order valence-corrected chi connectivity index (χ2v) is 6.08. The number of fused-ring (bicyclic) bond motifs is 9. The molecule has 0 radical (unpaired) electrons. The van der Waals surface area contributed by atoms with Crippen LogP contribution in [0.4, 0.5) is 0 Å². The maximum Gasteiger partial charge on any atom is 0.215 e. The van der Waals surface area contributed by atoms with Crippen LogP contribution in [0, 0.1) is 0 Å². The molecule has 0 aliphatic rings. The highest BCUT2D eigenvalue weighted by molar-refractivity contribution is 6.14. The van der Waals surface area contributed by atoms with Crippen LogP contribution in [-0.2, 0) is 7.05 Å². The van der Waals surface area contributed by atoms with E-state index in [1.807, 2.05) is 31.3 Å². The number of aryl methyl sites for hydroxylation is 1. The van der Waals surface area contributed by atoms with Crippen LogP contribution in [0.1, 0.15) is 0 Å². The van der Waals surface area contributed by atoms with Crippen LogP contribution in [-0.4, -0.2) is 18.9 Å². The molecule has 0 aliphatic heterocycles. The van der Waals surface area contributed by atoms with Crippen LogP contribution >= 0.6 is 0 Å². The summed E-state index contributed by atoms with van der Waals surface area (Å²) < 4.78 is 10.5. The first-order valence-corrected chi connectivity index (χ1v) is 7.84. The summed E-state index contributed by atoms with van der Waals surface area (Å²) in [5, 5.41) is 2.19. The maximum absolute atomic E-state index is 6.18. The normalized spacial score (nSPS) is 12.4. The highest BCUT2D eigenvalue weighted by Crippen LogP contribution is 2.36. The van der Waals surface area contributed by atoms with Gasteiger partial charge in [-0.05, 0) is 30.3 Å². The number of nitrogens with zero attached hydrogens (tertiary/aromatic N) is 4. The molecular weight excluding hydrogens is 300 g/mol. The Balaban J connectivity index is 1.99. The fourth-order valence-electron chi connectivity index (χ4n) is 3.72. The van der Waals surface area contributed by atoms with Gasteiger partial charge in [-0.15, -0.1) is 0 Å². The molecule has 24 heavy (non-hydrogen) atoms. The lowest BCUT2D eigenvalue weighted by Crippen LogP contribution is -1.87. The van der Waals surface area contributed by atoms with Crippen LogP contribution in [0.25, 0.3) is 49.8 Å². The van der Waals surface area contributed by atoms with E-state index >= 15 is 0 Å². The Hall–Kier alpha value is -3.34. The van der Waals surface area contributed by atoms with Gasteiger partial charge in [-0.3, -0.25) is 9.38 Å². The molecule has 0 fully saturated rings. The molecule has 0 spiro atoms. The molecule has 4 heterocycles. The van der Waals surface area contributed by atoms with Gasteiger partial charge >= 0.3 is 0 Å². The number of imidazole rings is 2. The van der Waals surface area contributed by atoms with E-state index in [0.29, 0.717) is 0 Å². The van der Waals surface area contributed by atoms with Gasteiger partial charge in [0.15, 0.2) is 11.2 Å². The largest absolute Gasteiger partial charge is 0.452 e. The third-order valence-electron chi connectivity index (χ3n) is 4.82. The molecule has 0 unspecified atom stereocenters. The molecule has 5 nitrogen and oxygen atoms in total. The van der Waals surface area contributed by atoms with Crippen molar-refractivity contribution in [2.24, 2.45) is 7.05 Å². The number of hydrogen-bond donors (Lipinski definition) is 0. The number of pyridine rings is 1. The molecular formula is C19H12N4O. The van der Waals surface area contributed by atoms with Crippen molar-refractivity contribution in [2.45, 2.75) is 0 Å². The van der Waals surface area contributed by atoms with Crippen LogP contribution in [0.15, 0.2) is 59.3 Å². The fourth-order valence-corrected chi connectivity index (χ4v) is 3.72. The predicted octanol–water partition coefficient (Wildman–Crippen LogP) is 4.27. The summed E-state index contributed by atoms with van der Waals surface area (Å²) in [4.78, 5) is 8.96. The van der Waals surface area contributed by atoms with E-state index < -0.39 is 0 Å². The molecule has 0 amide bonds. The van der Waals surface area contributed by atoms with Crippen molar-refractivity contribution in [1.82, 2.24) is 18.9 Å². The molecule has 0 aliphatic carbocycles. The van der Waals surface area contributed by atoms with E-state index in [4.69, 9.17) is 9.40 Å². The molecule has 6 rings (SSSR count). The van der Waals surface area contributed by atoms with Gasteiger partial charge in [0.2, 0.25) is 5.78 Å². The Morgan fingerprint density at radius 2 is 1.88 bits per heavy atom. The number of aromatic nitrogens is 4. The summed E-state index contributed by atoms with van der Waals surface area (Å²) in [6.45, 7) is 0. The van der Waals surface area contributed by atoms with E-state index in [1.54, 1.807) is 12.4 Å². The third-order valence-corrected chi connectivity index (χ3v) is 4.82. The first-order chi connectivity index (χ1) is 11.8. The van der Waals surface area contributed by atoms with Crippen LogP contribution < -0.4 is 0 Å². The number of rotatable bonds is 0. The highest BCUT2D eigenvalue weighted by Gasteiger charge is 2.19. The lowest BCUT2D eigenvalue weighted by atomic mass is 10.1. The quantitative estimate of drug-likeness (QED) is 0.421. The van der Waals surface area contributed by atoms with Gasteiger partial charge in [-0.2, -0.15) is 0 Å². The van der Waals surface area contributed by atoms with E-state index in [2.05, 4.69) is 32.2 Å². The van der Waals surface area contributed by atoms with Crippen LogP contribution in [0.5, 0.6) is 0 Å². The molecule has 0 saturated carbocycles. The summed E-state index contributed by atoms with van der Waals surface area (Å²) >= 11 is 0. The SMILES string of the molecule is Cn1c2ccc3c4ccncc4oc3c2n2c3ccccc3nc12. The molecule has 114 valence electrons. The number of hydrogen-bond acceptors (Lipinski definition) is 3. The minimum atomic E-state index is 0.807. The molecule has 5 heteroatoms. The van der Waals surface area contributed by atoms with Crippen molar-refractivity contribution >= 4 is 49.8 Å². The first-order valence-electron chi connectivity index (χ1n) is 7.84. The number of benzene rings is 2. The van der Waals surface area contributed by atoms with Crippen LogP contribution in [0.3, 0.4) is 0 Å². The van der Waals surface area contributed by atoms with Crippen molar-refractivity contribution in [3.8, 4) is 0 Å². The Bertz CT molecular complexity index is 1420. The number of para-hydroxylation sites is 2. The van der Waals surface area contributed by atoms with Gasteiger partial charge in [0.1, 0.15) is 5.52 Å². The molecule has 0 N–H and O–H groups in total. The van der Waals surface area contributed by atoms with Crippen molar-refractivity contribution in [2.75, 3.05) is 0 Å². The topological polar surface area (TPSA) is 48.3 Å². The van der Waals surface area contributed by atoms with E-state index in [9.17, 15) is 0 Å². The van der Waals surface area contributed by atoms with Gasteiger partial charge in [0, 0.05) is 24.0 Å². The van der Waals surface area contributed by atoms with Gasteiger partial charge in [0.05, 0.1) is 22.7 Å². The zero-order valence-corrected chi connectivity index (χ0v) is 12.9. The Morgan fingerprint density at radius 3 is 2.83 bits per heavy atom.